The fourth-order valence-electron chi connectivity index (χ4n) is 2.37. The molecule has 0 saturated carbocycles. The van der Waals surface area contributed by atoms with Crippen molar-refractivity contribution in [2.24, 2.45) is 0 Å². The van der Waals surface area contributed by atoms with Crippen LogP contribution in [0, 0.1) is 5.82 Å². The molecule has 1 amide bonds. The Morgan fingerprint density at radius 1 is 1.17 bits per heavy atom. The van der Waals surface area contributed by atoms with E-state index in [-0.39, 0.29) is 18.1 Å². The van der Waals surface area contributed by atoms with Crippen molar-refractivity contribution in [3.63, 3.8) is 0 Å². The molecule has 122 valence electrons. The Balaban J connectivity index is 1.69. The number of nitrogens with one attached hydrogen (secondary N) is 1. The zero-order chi connectivity index (χ0) is 16.9. The largest absolute Gasteiger partial charge is 0.311 e. The van der Waals surface area contributed by atoms with Gasteiger partial charge in [-0.2, -0.15) is 5.10 Å². The quantitative estimate of drug-likeness (QED) is 0.763. The van der Waals surface area contributed by atoms with Gasteiger partial charge in [0.25, 0.3) is 0 Å². The van der Waals surface area contributed by atoms with Crippen molar-refractivity contribution >= 4 is 23.3 Å². The van der Waals surface area contributed by atoms with Crippen molar-refractivity contribution in [1.82, 2.24) is 9.78 Å². The highest BCUT2D eigenvalue weighted by Crippen LogP contribution is 2.18. The number of amides is 1. The van der Waals surface area contributed by atoms with Crippen LogP contribution in [0.3, 0.4) is 0 Å². The molecule has 24 heavy (non-hydrogen) atoms. The van der Waals surface area contributed by atoms with E-state index < -0.39 is 0 Å². The van der Waals surface area contributed by atoms with Crippen LogP contribution >= 0.6 is 11.6 Å². The number of aromatic nitrogens is 2. The minimum absolute atomic E-state index is 0.0923. The van der Waals surface area contributed by atoms with E-state index >= 15 is 0 Å². The molecule has 2 aromatic carbocycles. The van der Waals surface area contributed by atoms with Crippen LogP contribution in [0.4, 0.5) is 10.2 Å². The first-order valence-electron chi connectivity index (χ1n) is 7.41. The monoisotopic (exact) mass is 343 g/mol. The summed E-state index contributed by atoms with van der Waals surface area (Å²) in [6, 6.07) is 15.2. The highest BCUT2D eigenvalue weighted by molar-refractivity contribution is 6.31. The molecular formula is C18H15ClFN3O. The summed E-state index contributed by atoms with van der Waals surface area (Å²) in [5, 5.41) is 7.65. The summed E-state index contributed by atoms with van der Waals surface area (Å²) in [7, 11) is 0. The number of benzene rings is 2. The molecule has 0 aliphatic rings. The number of halogens is 2. The molecule has 0 bridgehead atoms. The van der Waals surface area contributed by atoms with Crippen molar-refractivity contribution in [2.45, 2.75) is 13.0 Å². The first-order valence-corrected chi connectivity index (χ1v) is 7.79. The van der Waals surface area contributed by atoms with Gasteiger partial charge in [0.1, 0.15) is 11.6 Å². The minimum Gasteiger partial charge on any atom is -0.311 e. The molecule has 0 saturated heterocycles. The lowest BCUT2D eigenvalue weighted by atomic mass is 10.1. The molecule has 6 heteroatoms. The normalized spacial score (nSPS) is 10.6. The van der Waals surface area contributed by atoms with Gasteiger partial charge >= 0.3 is 0 Å². The first kappa shape index (κ1) is 16.2. The van der Waals surface area contributed by atoms with E-state index in [1.54, 1.807) is 29.1 Å². The molecule has 0 spiro atoms. The lowest BCUT2D eigenvalue weighted by molar-refractivity contribution is -0.115. The third-order valence-electron chi connectivity index (χ3n) is 3.52. The molecule has 0 unspecified atom stereocenters. The van der Waals surface area contributed by atoms with E-state index in [1.807, 2.05) is 24.3 Å². The minimum atomic E-state index is -0.357. The van der Waals surface area contributed by atoms with Crippen molar-refractivity contribution in [1.29, 1.82) is 0 Å². The summed E-state index contributed by atoms with van der Waals surface area (Å²) in [6.45, 7) is 0.447. The van der Waals surface area contributed by atoms with Gasteiger partial charge in [0.05, 0.1) is 19.2 Å². The molecule has 3 aromatic rings. The number of carbonyl (C=O) groups is 1. The van der Waals surface area contributed by atoms with E-state index in [1.165, 1.54) is 12.1 Å². The maximum atomic E-state index is 13.2. The second-order valence-corrected chi connectivity index (χ2v) is 5.73. The van der Waals surface area contributed by atoms with Crippen LogP contribution < -0.4 is 5.32 Å². The average molecular weight is 344 g/mol. The molecule has 0 aliphatic carbocycles. The standard InChI is InChI=1S/C18H15ClFN3O/c19-16-7-2-1-5-14(16)12-23-17(8-9-21-23)22-18(24)11-13-4-3-6-15(20)10-13/h1-10H,11-12H2,(H,22,24). The lowest BCUT2D eigenvalue weighted by Crippen LogP contribution is -2.18. The van der Waals surface area contributed by atoms with Gasteiger partial charge in [-0.1, -0.05) is 41.9 Å². The number of rotatable bonds is 5. The Kier molecular flexibility index (Phi) is 4.91. The van der Waals surface area contributed by atoms with Gasteiger partial charge in [-0.15, -0.1) is 0 Å². The number of carbonyl (C=O) groups excluding carboxylic acids is 1. The third kappa shape index (κ3) is 4.00. The highest BCUT2D eigenvalue weighted by atomic mass is 35.5. The number of nitrogens with zero attached hydrogens (tertiary/aromatic N) is 2. The molecule has 1 N–H and O–H groups in total. The smallest absolute Gasteiger partial charge is 0.229 e. The van der Waals surface area contributed by atoms with Crippen molar-refractivity contribution in [2.75, 3.05) is 5.32 Å². The van der Waals surface area contributed by atoms with Crippen molar-refractivity contribution in [3.05, 3.63) is 82.8 Å². The maximum Gasteiger partial charge on any atom is 0.229 e. The molecule has 0 atom stereocenters. The van der Waals surface area contributed by atoms with Gasteiger partial charge in [-0.3, -0.25) is 4.79 Å². The SMILES string of the molecule is O=C(Cc1cccc(F)c1)Nc1ccnn1Cc1ccccc1Cl. The Hall–Kier alpha value is -2.66. The Morgan fingerprint density at radius 3 is 2.79 bits per heavy atom. The van der Waals surface area contributed by atoms with Crippen LogP contribution in [0.2, 0.25) is 5.02 Å². The van der Waals surface area contributed by atoms with Gasteiger partial charge < -0.3 is 5.32 Å². The van der Waals surface area contributed by atoms with Crippen LogP contribution in [0.25, 0.3) is 0 Å². The summed E-state index contributed by atoms with van der Waals surface area (Å²) in [5.41, 5.74) is 1.52. The third-order valence-corrected chi connectivity index (χ3v) is 3.88. The Bertz CT molecular complexity index is 863. The molecule has 1 heterocycles. The molecule has 3 rings (SSSR count). The molecule has 4 nitrogen and oxygen atoms in total. The molecule has 0 aliphatic heterocycles. The van der Waals surface area contributed by atoms with Crippen LogP contribution in [-0.4, -0.2) is 15.7 Å². The Labute approximate surface area is 143 Å². The van der Waals surface area contributed by atoms with Gasteiger partial charge in [-0.25, -0.2) is 9.07 Å². The fourth-order valence-corrected chi connectivity index (χ4v) is 2.57. The average Bonchev–Trinajstić information content (AvgIpc) is 2.96. The van der Waals surface area contributed by atoms with E-state index in [9.17, 15) is 9.18 Å². The summed E-state index contributed by atoms with van der Waals surface area (Å²) < 4.78 is 14.8. The zero-order valence-corrected chi connectivity index (χ0v) is 13.5. The topological polar surface area (TPSA) is 46.9 Å². The van der Waals surface area contributed by atoms with Gasteiger partial charge in [-0.05, 0) is 29.3 Å². The summed E-state index contributed by atoms with van der Waals surface area (Å²) in [4.78, 5) is 12.2. The van der Waals surface area contributed by atoms with E-state index in [0.717, 1.165) is 5.56 Å². The highest BCUT2D eigenvalue weighted by Gasteiger charge is 2.10. The number of hydrogen-bond donors (Lipinski definition) is 1. The summed E-state index contributed by atoms with van der Waals surface area (Å²) in [6.07, 6.45) is 1.70. The van der Waals surface area contributed by atoms with E-state index in [0.29, 0.717) is 22.9 Å². The molecule has 0 fully saturated rings. The fraction of sp³-hybridized carbons (Fsp3) is 0.111. The van der Waals surface area contributed by atoms with Crippen LogP contribution in [0.1, 0.15) is 11.1 Å². The Morgan fingerprint density at radius 2 is 2.00 bits per heavy atom. The first-order chi connectivity index (χ1) is 11.6. The summed E-state index contributed by atoms with van der Waals surface area (Å²) >= 11 is 6.16. The van der Waals surface area contributed by atoms with Gasteiger partial charge in [0.2, 0.25) is 5.91 Å². The zero-order valence-electron chi connectivity index (χ0n) is 12.7. The molecule has 0 radical (unpaired) electrons. The second kappa shape index (κ2) is 7.27. The van der Waals surface area contributed by atoms with Gasteiger partial charge in [0.15, 0.2) is 0 Å². The van der Waals surface area contributed by atoms with Crippen molar-refractivity contribution in [3.8, 4) is 0 Å². The van der Waals surface area contributed by atoms with Crippen molar-refractivity contribution < 1.29 is 9.18 Å². The van der Waals surface area contributed by atoms with Crippen LogP contribution in [0.5, 0.6) is 0 Å². The summed E-state index contributed by atoms with van der Waals surface area (Å²) in [5.74, 6) is -0.0260. The predicted octanol–water partition coefficient (Wildman–Crippen LogP) is 3.91. The predicted molar refractivity (Wildman–Crippen MR) is 91.5 cm³/mol. The number of hydrogen-bond acceptors (Lipinski definition) is 2. The molecule has 1 aromatic heterocycles. The maximum absolute atomic E-state index is 13.2. The van der Waals surface area contributed by atoms with E-state index in [2.05, 4.69) is 10.4 Å². The van der Waals surface area contributed by atoms with Crippen LogP contribution in [-0.2, 0) is 17.8 Å². The van der Waals surface area contributed by atoms with Gasteiger partial charge in [0, 0.05) is 11.1 Å². The lowest BCUT2D eigenvalue weighted by Gasteiger charge is -2.10. The second-order valence-electron chi connectivity index (χ2n) is 5.32. The number of anilines is 1. The van der Waals surface area contributed by atoms with Crippen LogP contribution in [0.15, 0.2) is 60.8 Å². The molecular weight excluding hydrogens is 329 g/mol. The van der Waals surface area contributed by atoms with E-state index in [4.69, 9.17) is 11.6 Å².